The Hall–Kier alpha value is -1.90. The molecule has 0 amide bonds. The van der Waals surface area contributed by atoms with Gasteiger partial charge in [-0.25, -0.2) is 13.6 Å². The van der Waals surface area contributed by atoms with Crippen LogP contribution in [0.15, 0.2) is 6.20 Å². The number of terminal acetylenes is 1. The molecule has 0 atom stereocenters. The van der Waals surface area contributed by atoms with E-state index in [9.17, 15) is 13.6 Å². The molecule has 4 nitrogen and oxygen atoms in total. The third-order valence-corrected chi connectivity index (χ3v) is 1.71. The van der Waals surface area contributed by atoms with Crippen molar-refractivity contribution in [2.75, 3.05) is 6.61 Å². The first-order valence-electron chi connectivity index (χ1n) is 4.57. The fraction of sp³-hybridized carbons (Fsp3) is 0.400. The molecule has 0 spiro atoms. The van der Waals surface area contributed by atoms with Crippen LogP contribution in [0.1, 0.15) is 23.0 Å². The predicted molar refractivity (Wildman–Crippen MR) is 52.1 cm³/mol. The van der Waals surface area contributed by atoms with Gasteiger partial charge in [-0.15, -0.1) is 6.42 Å². The van der Waals surface area contributed by atoms with Crippen LogP contribution in [-0.4, -0.2) is 28.8 Å². The van der Waals surface area contributed by atoms with Crippen molar-refractivity contribution in [2.24, 2.45) is 0 Å². The van der Waals surface area contributed by atoms with Crippen LogP contribution in [0.2, 0.25) is 0 Å². The Kier molecular flexibility index (Phi) is 4.00. The number of hydrogen-bond donors (Lipinski definition) is 0. The van der Waals surface area contributed by atoms with Crippen molar-refractivity contribution >= 4 is 5.97 Å². The Morgan fingerprint density at radius 1 is 1.75 bits per heavy atom. The van der Waals surface area contributed by atoms with E-state index in [0.717, 1.165) is 4.68 Å². The van der Waals surface area contributed by atoms with Crippen LogP contribution >= 0.6 is 0 Å². The molecule has 0 aliphatic carbocycles. The van der Waals surface area contributed by atoms with Crippen molar-refractivity contribution < 1.29 is 18.3 Å². The summed E-state index contributed by atoms with van der Waals surface area (Å²) >= 11 is 0. The zero-order valence-electron chi connectivity index (χ0n) is 8.61. The van der Waals surface area contributed by atoms with Gasteiger partial charge in [-0.2, -0.15) is 5.10 Å². The number of rotatable bonds is 4. The van der Waals surface area contributed by atoms with Gasteiger partial charge in [-0.1, -0.05) is 5.92 Å². The van der Waals surface area contributed by atoms with Gasteiger partial charge in [0.1, 0.15) is 6.54 Å². The summed E-state index contributed by atoms with van der Waals surface area (Å²) in [6.45, 7) is 1.20. The fourth-order valence-corrected chi connectivity index (χ4v) is 1.11. The summed E-state index contributed by atoms with van der Waals surface area (Å²) in [4.78, 5) is 11.3. The van der Waals surface area contributed by atoms with Crippen molar-refractivity contribution in [3.63, 3.8) is 0 Å². The first-order valence-corrected chi connectivity index (χ1v) is 4.57. The Morgan fingerprint density at radius 2 is 2.44 bits per heavy atom. The molecule has 0 saturated carbocycles. The molecule has 1 heterocycles. The lowest BCUT2D eigenvalue weighted by molar-refractivity contribution is 0.0516. The second-order valence-electron chi connectivity index (χ2n) is 2.87. The molecule has 1 aromatic rings. The van der Waals surface area contributed by atoms with Gasteiger partial charge in [-0.05, 0) is 6.92 Å². The Labute approximate surface area is 91.2 Å². The zero-order valence-corrected chi connectivity index (χ0v) is 8.61. The molecule has 0 aromatic carbocycles. The van der Waals surface area contributed by atoms with Crippen LogP contribution in [0.3, 0.4) is 0 Å². The summed E-state index contributed by atoms with van der Waals surface area (Å²) in [7, 11) is 0. The first kappa shape index (κ1) is 12.2. The van der Waals surface area contributed by atoms with Gasteiger partial charge in [-0.3, -0.25) is 4.68 Å². The maximum absolute atomic E-state index is 12.1. The van der Waals surface area contributed by atoms with Gasteiger partial charge in [0.05, 0.1) is 12.2 Å². The summed E-state index contributed by atoms with van der Waals surface area (Å²) in [5, 5.41) is 3.66. The van der Waals surface area contributed by atoms with Crippen LogP contribution in [0, 0.1) is 12.3 Å². The molecule has 86 valence electrons. The smallest absolute Gasteiger partial charge is 0.360 e. The minimum Gasteiger partial charge on any atom is -0.461 e. The molecule has 1 rings (SSSR count). The topological polar surface area (TPSA) is 44.1 Å². The normalized spacial score (nSPS) is 10.2. The highest BCUT2D eigenvalue weighted by atomic mass is 19.3. The highest BCUT2D eigenvalue weighted by Crippen LogP contribution is 2.09. The van der Waals surface area contributed by atoms with E-state index in [0.29, 0.717) is 0 Å². The maximum atomic E-state index is 12.1. The van der Waals surface area contributed by atoms with Crippen molar-refractivity contribution in [3.8, 4) is 12.3 Å². The van der Waals surface area contributed by atoms with Crippen LogP contribution in [0.25, 0.3) is 0 Å². The van der Waals surface area contributed by atoms with Gasteiger partial charge < -0.3 is 4.74 Å². The SMILES string of the molecule is C#Cc1cn(CC(F)F)nc1C(=O)OCC. The molecule has 0 aliphatic rings. The van der Waals surface area contributed by atoms with Crippen LogP contribution in [0.5, 0.6) is 0 Å². The first-order chi connectivity index (χ1) is 7.58. The Morgan fingerprint density at radius 3 is 2.94 bits per heavy atom. The van der Waals surface area contributed by atoms with E-state index in [1.807, 2.05) is 0 Å². The predicted octanol–water partition coefficient (Wildman–Crippen LogP) is 1.31. The quantitative estimate of drug-likeness (QED) is 0.576. The van der Waals surface area contributed by atoms with E-state index >= 15 is 0 Å². The fourth-order valence-electron chi connectivity index (χ4n) is 1.11. The van der Waals surface area contributed by atoms with E-state index in [1.54, 1.807) is 6.92 Å². The van der Waals surface area contributed by atoms with Crippen LogP contribution < -0.4 is 0 Å². The zero-order chi connectivity index (χ0) is 12.1. The van der Waals surface area contributed by atoms with E-state index in [4.69, 9.17) is 11.2 Å². The number of esters is 1. The lowest BCUT2D eigenvalue weighted by atomic mass is 10.2. The number of carbonyl (C=O) groups excluding carboxylic acids is 1. The summed E-state index contributed by atoms with van der Waals surface area (Å²) < 4.78 is 29.8. The van der Waals surface area contributed by atoms with Crippen molar-refractivity contribution in [2.45, 2.75) is 19.9 Å². The summed E-state index contributed by atoms with van der Waals surface area (Å²) in [5.74, 6) is 1.49. The largest absolute Gasteiger partial charge is 0.461 e. The molecule has 6 heteroatoms. The number of aromatic nitrogens is 2. The molecule has 1 aromatic heterocycles. The molecule has 0 unspecified atom stereocenters. The highest BCUT2D eigenvalue weighted by molar-refractivity contribution is 5.90. The van der Waals surface area contributed by atoms with Gasteiger partial charge in [0, 0.05) is 6.20 Å². The molecule has 0 aliphatic heterocycles. The molecular weight excluding hydrogens is 218 g/mol. The highest BCUT2D eigenvalue weighted by Gasteiger charge is 2.17. The van der Waals surface area contributed by atoms with Crippen molar-refractivity contribution in [1.29, 1.82) is 0 Å². The molecule has 0 saturated heterocycles. The number of alkyl halides is 2. The summed E-state index contributed by atoms with van der Waals surface area (Å²) in [6.07, 6.45) is 3.80. The molecule has 0 fully saturated rings. The second-order valence-corrected chi connectivity index (χ2v) is 2.87. The number of ether oxygens (including phenoxy) is 1. The monoisotopic (exact) mass is 228 g/mol. The van der Waals surface area contributed by atoms with Gasteiger partial charge >= 0.3 is 5.97 Å². The van der Waals surface area contributed by atoms with E-state index in [-0.39, 0.29) is 17.9 Å². The average molecular weight is 228 g/mol. The molecular formula is C10H10F2N2O2. The number of halogens is 2. The van der Waals surface area contributed by atoms with Crippen LogP contribution in [0.4, 0.5) is 8.78 Å². The van der Waals surface area contributed by atoms with E-state index in [2.05, 4.69) is 11.0 Å². The minimum absolute atomic E-state index is 0.106. The van der Waals surface area contributed by atoms with Crippen molar-refractivity contribution in [3.05, 3.63) is 17.5 Å². The number of carbonyl (C=O) groups is 1. The van der Waals surface area contributed by atoms with Gasteiger partial charge in [0.2, 0.25) is 0 Å². The molecule has 0 radical (unpaired) electrons. The Balaban J connectivity index is 2.96. The van der Waals surface area contributed by atoms with Crippen molar-refractivity contribution in [1.82, 2.24) is 9.78 Å². The lowest BCUT2D eigenvalue weighted by Crippen LogP contribution is -2.10. The molecule has 16 heavy (non-hydrogen) atoms. The third-order valence-electron chi connectivity index (χ3n) is 1.71. The number of nitrogens with zero attached hydrogens (tertiary/aromatic N) is 2. The summed E-state index contributed by atoms with van der Waals surface area (Å²) in [6, 6.07) is 0. The van der Waals surface area contributed by atoms with Gasteiger partial charge in [0.25, 0.3) is 6.43 Å². The average Bonchev–Trinajstić information content (AvgIpc) is 2.60. The lowest BCUT2D eigenvalue weighted by Gasteiger charge is -1.99. The van der Waals surface area contributed by atoms with Crippen LogP contribution in [-0.2, 0) is 11.3 Å². The number of hydrogen-bond acceptors (Lipinski definition) is 3. The standard InChI is InChI=1S/C10H10F2N2O2/c1-3-7-5-14(6-8(11)12)13-9(7)10(15)16-4-2/h1,5,8H,4,6H2,2H3. The molecule has 0 N–H and O–H groups in total. The Bertz CT molecular complexity index is 421. The maximum Gasteiger partial charge on any atom is 0.360 e. The summed E-state index contributed by atoms with van der Waals surface area (Å²) in [5.41, 5.74) is 0.0455. The minimum atomic E-state index is -2.56. The van der Waals surface area contributed by atoms with Gasteiger partial charge in [0.15, 0.2) is 5.69 Å². The third kappa shape index (κ3) is 2.79. The second kappa shape index (κ2) is 5.26. The van der Waals surface area contributed by atoms with E-state index in [1.165, 1.54) is 6.20 Å². The van der Waals surface area contributed by atoms with E-state index < -0.39 is 18.9 Å². The molecule has 0 bridgehead atoms.